The molecule has 0 spiro atoms. The lowest BCUT2D eigenvalue weighted by atomic mass is 9.83. The Bertz CT molecular complexity index is 1290. The molecule has 6 heteroatoms. The number of rotatable bonds is 9. The maximum Gasteiger partial charge on any atom is 0.224 e. The summed E-state index contributed by atoms with van der Waals surface area (Å²) in [6.07, 6.45) is 9.65. The number of benzene rings is 2. The molecule has 0 unspecified atom stereocenters. The van der Waals surface area contributed by atoms with E-state index in [1.165, 1.54) is 5.56 Å². The summed E-state index contributed by atoms with van der Waals surface area (Å²) in [5.41, 5.74) is 12.0. The topological polar surface area (TPSA) is 88.3 Å². The molecule has 39 heavy (non-hydrogen) atoms. The fraction of sp³-hybridized carbons (Fsp3) is 0.424. The number of carbonyl (C=O) groups is 2. The van der Waals surface area contributed by atoms with E-state index < -0.39 is 0 Å². The molecule has 2 aliphatic rings. The summed E-state index contributed by atoms with van der Waals surface area (Å²) in [6, 6.07) is 20.9. The lowest BCUT2D eigenvalue weighted by Gasteiger charge is -2.34. The summed E-state index contributed by atoms with van der Waals surface area (Å²) < 4.78 is 0. The quantitative estimate of drug-likeness (QED) is 0.334. The van der Waals surface area contributed by atoms with Crippen LogP contribution in [0.2, 0.25) is 0 Å². The van der Waals surface area contributed by atoms with Crippen LogP contribution >= 0.6 is 0 Å². The highest BCUT2D eigenvalue weighted by Crippen LogP contribution is 2.43. The molecule has 1 heterocycles. The molecule has 5 rings (SSSR count). The van der Waals surface area contributed by atoms with Crippen molar-refractivity contribution in [3.8, 4) is 22.4 Å². The van der Waals surface area contributed by atoms with E-state index >= 15 is 0 Å². The molecule has 3 aromatic rings. The number of carbonyl (C=O) groups excluding carboxylic acids is 2. The molecular formula is C33H40N4O2. The summed E-state index contributed by atoms with van der Waals surface area (Å²) in [5.74, 6) is 0.586. The maximum absolute atomic E-state index is 13.0. The van der Waals surface area contributed by atoms with Crippen molar-refractivity contribution >= 4 is 17.5 Å². The molecule has 0 bridgehead atoms. The predicted molar refractivity (Wildman–Crippen MR) is 157 cm³/mol. The van der Waals surface area contributed by atoms with Gasteiger partial charge in [-0.25, -0.2) is 0 Å². The van der Waals surface area contributed by atoms with E-state index in [9.17, 15) is 9.59 Å². The van der Waals surface area contributed by atoms with E-state index in [1.54, 1.807) is 6.20 Å². The van der Waals surface area contributed by atoms with E-state index in [2.05, 4.69) is 41.7 Å². The average molecular weight is 525 g/mol. The zero-order chi connectivity index (χ0) is 27.4. The molecular weight excluding hydrogens is 484 g/mol. The summed E-state index contributed by atoms with van der Waals surface area (Å²) in [6.45, 7) is 2.04. The molecule has 6 nitrogen and oxygen atoms in total. The van der Waals surface area contributed by atoms with Crippen LogP contribution in [0.3, 0.4) is 0 Å². The van der Waals surface area contributed by atoms with Crippen molar-refractivity contribution in [2.45, 2.75) is 76.3 Å². The van der Waals surface area contributed by atoms with E-state index in [4.69, 9.17) is 10.7 Å². The fourth-order valence-electron chi connectivity index (χ4n) is 5.79. The number of nitrogens with zero attached hydrogens (tertiary/aromatic N) is 2. The van der Waals surface area contributed by atoms with E-state index in [0.717, 1.165) is 67.3 Å². The van der Waals surface area contributed by atoms with Gasteiger partial charge >= 0.3 is 0 Å². The summed E-state index contributed by atoms with van der Waals surface area (Å²) in [7, 11) is 1.92. The van der Waals surface area contributed by atoms with Gasteiger partial charge in [0, 0.05) is 42.6 Å². The maximum atomic E-state index is 13.0. The molecule has 204 valence electrons. The van der Waals surface area contributed by atoms with Crippen LogP contribution in [-0.2, 0) is 15.1 Å². The minimum Gasteiger partial charge on any atom is -0.343 e. The van der Waals surface area contributed by atoms with Crippen LogP contribution < -0.4 is 11.1 Å². The number of nitrogens with one attached hydrogen (secondary N) is 1. The third-order valence-electron chi connectivity index (χ3n) is 8.47. The Morgan fingerprint density at radius 2 is 1.69 bits per heavy atom. The standard InChI is InChI=1S/C33H40N4O2/c1-3-7-31(39)37(2)28-16-10-23(11-17-28)20-30(38)36-27-21-29(24-8-5-4-6-9-24)32(35-22-27)25-12-14-26(15-13-25)33(34)18-19-33/h4-6,8-9,12-15,21-23,28H,3,7,10-11,16-20,34H2,1-2H3,(H,36,38). The number of aromatic nitrogens is 1. The first-order chi connectivity index (χ1) is 18.9. The molecule has 2 amide bonds. The van der Waals surface area contributed by atoms with Crippen molar-refractivity contribution in [1.29, 1.82) is 0 Å². The first-order valence-corrected chi connectivity index (χ1v) is 14.4. The van der Waals surface area contributed by atoms with Crippen LogP contribution in [-0.4, -0.2) is 34.8 Å². The lowest BCUT2D eigenvalue weighted by Crippen LogP contribution is -2.39. The Hall–Kier alpha value is -3.51. The van der Waals surface area contributed by atoms with Crippen molar-refractivity contribution in [3.05, 3.63) is 72.4 Å². The van der Waals surface area contributed by atoms with Crippen molar-refractivity contribution in [2.24, 2.45) is 11.7 Å². The van der Waals surface area contributed by atoms with Gasteiger partial charge in [-0.2, -0.15) is 0 Å². The van der Waals surface area contributed by atoms with Gasteiger partial charge in [0.2, 0.25) is 11.8 Å². The van der Waals surface area contributed by atoms with Crippen LogP contribution in [0.15, 0.2) is 66.9 Å². The highest BCUT2D eigenvalue weighted by atomic mass is 16.2. The molecule has 0 atom stereocenters. The van der Waals surface area contributed by atoms with Crippen LogP contribution in [0.5, 0.6) is 0 Å². The minimum absolute atomic E-state index is 0.0180. The molecule has 0 saturated heterocycles. The Kier molecular flexibility index (Phi) is 8.12. The van der Waals surface area contributed by atoms with Crippen molar-refractivity contribution in [3.63, 3.8) is 0 Å². The molecule has 2 saturated carbocycles. The summed E-state index contributed by atoms with van der Waals surface area (Å²) in [4.78, 5) is 32.0. The van der Waals surface area contributed by atoms with Gasteiger partial charge in [0.25, 0.3) is 0 Å². The van der Waals surface area contributed by atoms with Crippen LogP contribution in [0.1, 0.15) is 70.3 Å². The van der Waals surface area contributed by atoms with Crippen LogP contribution in [0, 0.1) is 5.92 Å². The number of nitrogens with two attached hydrogens (primary N) is 1. The first-order valence-electron chi connectivity index (χ1n) is 14.4. The van der Waals surface area contributed by atoms with E-state index in [0.29, 0.717) is 30.5 Å². The second-order valence-electron chi connectivity index (χ2n) is 11.4. The smallest absolute Gasteiger partial charge is 0.224 e. The van der Waals surface area contributed by atoms with Crippen LogP contribution in [0.4, 0.5) is 5.69 Å². The molecule has 0 radical (unpaired) electrons. The first kappa shape index (κ1) is 27.1. The average Bonchev–Trinajstić information content (AvgIpc) is 3.72. The zero-order valence-corrected chi connectivity index (χ0v) is 23.2. The Balaban J connectivity index is 1.26. The number of anilines is 1. The third kappa shape index (κ3) is 6.39. The highest BCUT2D eigenvalue weighted by molar-refractivity contribution is 5.93. The van der Waals surface area contributed by atoms with Gasteiger partial charge in [0.05, 0.1) is 17.6 Å². The van der Waals surface area contributed by atoms with Crippen LogP contribution in [0.25, 0.3) is 22.4 Å². The number of hydrogen-bond acceptors (Lipinski definition) is 4. The second kappa shape index (κ2) is 11.7. The largest absolute Gasteiger partial charge is 0.343 e. The highest BCUT2D eigenvalue weighted by Gasteiger charge is 2.39. The summed E-state index contributed by atoms with van der Waals surface area (Å²) in [5, 5.41) is 3.10. The summed E-state index contributed by atoms with van der Waals surface area (Å²) >= 11 is 0. The van der Waals surface area contributed by atoms with Gasteiger partial charge in [0.1, 0.15) is 0 Å². The van der Waals surface area contributed by atoms with Gasteiger partial charge < -0.3 is 16.0 Å². The Morgan fingerprint density at radius 3 is 2.33 bits per heavy atom. The zero-order valence-electron chi connectivity index (χ0n) is 23.2. The SMILES string of the molecule is CCCC(=O)N(C)C1CCC(CC(=O)Nc2cnc(-c3ccc(C4(N)CC4)cc3)c(-c3ccccc3)c2)CC1. The number of hydrogen-bond donors (Lipinski definition) is 2. The van der Waals surface area contributed by atoms with Gasteiger partial charge in [0.15, 0.2) is 0 Å². The Morgan fingerprint density at radius 1 is 1.00 bits per heavy atom. The van der Waals surface area contributed by atoms with Crippen molar-refractivity contribution < 1.29 is 9.59 Å². The molecule has 0 aliphatic heterocycles. The molecule has 2 fully saturated rings. The molecule has 2 aromatic carbocycles. The minimum atomic E-state index is -0.163. The lowest BCUT2D eigenvalue weighted by molar-refractivity contribution is -0.133. The van der Waals surface area contributed by atoms with Crippen molar-refractivity contribution in [2.75, 3.05) is 12.4 Å². The van der Waals surface area contributed by atoms with Crippen molar-refractivity contribution in [1.82, 2.24) is 9.88 Å². The molecule has 1 aromatic heterocycles. The van der Waals surface area contributed by atoms with Gasteiger partial charge in [-0.15, -0.1) is 0 Å². The predicted octanol–water partition coefficient (Wildman–Crippen LogP) is 6.51. The third-order valence-corrected chi connectivity index (χ3v) is 8.47. The molecule has 3 N–H and O–H groups in total. The van der Waals surface area contributed by atoms with E-state index in [-0.39, 0.29) is 17.4 Å². The van der Waals surface area contributed by atoms with Gasteiger partial charge in [-0.1, -0.05) is 61.5 Å². The molecule has 2 aliphatic carbocycles. The Labute approximate surface area is 232 Å². The van der Waals surface area contributed by atoms with E-state index in [1.807, 2.05) is 43.1 Å². The normalized spacial score (nSPS) is 19.8. The number of pyridine rings is 1. The fourth-order valence-corrected chi connectivity index (χ4v) is 5.79. The van der Waals surface area contributed by atoms with Gasteiger partial charge in [-0.3, -0.25) is 14.6 Å². The van der Waals surface area contributed by atoms with Gasteiger partial charge in [-0.05, 0) is 68.1 Å². The second-order valence-corrected chi connectivity index (χ2v) is 11.4. The monoisotopic (exact) mass is 524 g/mol. The number of amides is 2.